The third-order valence-corrected chi connectivity index (χ3v) is 4.36. The highest BCUT2D eigenvalue weighted by atomic mass is 35.5. The summed E-state index contributed by atoms with van der Waals surface area (Å²) in [5.74, 6) is 0.531. The predicted molar refractivity (Wildman–Crippen MR) is 70.9 cm³/mol. The number of halogens is 2. The lowest BCUT2D eigenvalue weighted by molar-refractivity contribution is 0.670. The average molecular weight is 280 g/mol. The van der Waals surface area contributed by atoms with E-state index >= 15 is 0 Å². The van der Waals surface area contributed by atoms with Crippen molar-refractivity contribution in [1.29, 1.82) is 0 Å². The van der Waals surface area contributed by atoms with Crippen molar-refractivity contribution in [1.82, 2.24) is 5.32 Å². The van der Waals surface area contributed by atoms with Crippen LogP contribution in [0.2, 0.25) is 10.0 Å². The molecule has 90 valence electrons. The zero-order chi connectivity index (χ0) is 12.0. The van der Waals surface area contributed by atoms with Crippen molar-refractivity contribution in [3.8, 4) is 0 Å². The molecule has 1 N–H and O–H groups in total. The van der Waals surface area contributed by atoms with Crippen molar-refractivity contribution in [2.45, 2.75) is 18.2 Å². The van der Waals surface area contributed by atoms with Gasteiger partial charge in [0.05, 0.1) is 25.7 Å². The molecule has 1 aromatic carbocycles. The quantitative estimate of drug-likeness (QED) is 0.811. The van der Waals surface area contributed by atoms with E-state index < -0.39 is 10.8 Å². The molecule has 1 atom stereocenters. The highest BCUT2D eigenvalue weighted by Crippen LogP contribution is 2.27. The molecule has 0 aliphatic rings. The number of hydrogen-bond acceptors (Lipinski definition) is 2. The van der Waals surface area contributed by atoms with Gasteiger partial charge >= 0.3 is 0 Å². The fourth-order valence-electron chi connectivity index (χ4n) is 1.27. The second-order valence-corrected chi connectivity index (χ2v) is 5.67. The van der Waals surface area contributed by atoms with Crippen LogP contribution in [0.4, 0.5) is 0 Å². The van der Waals surface area contributed by atoms with Gasteiger partial charge in [0.25, 0.3) is 0 Å². The molecule has 1 rings (SSSR count). The number of benzene rings is 1. The molecular formula is C11H15Cl2NOS. The number of rotatable bonds is 6. The Bertz CT molecular complexity index is 351. The molecule has 0 spiro atoms. The van der Waals surface area contributed by atoms with E-state index in [2.05, 4.69) is 12.2 Å². The molecule has 0 saturated heterocycles. The fourth-order valence-corrected chi connectivity index (χ4v) is 3.29. The molecule has 0 fully saturated rings. The largest absolute Gasteiger partial charge is 0.316 e. The van der Waals surface area contributed by atoms with Crippen LogP contribution in [0, 0.1) is 0 Å². The monoisotopic (exact) mass is 279 g/mol. The molecule has 16 heavy (non-hydrogen) atoms. The van der Waals surface area contributed by atoms with Gasteiger partial charge in [-0.25, -0.2) is 0 Å². The van der Waals surface area contributed by atoms with Gasteiger partial charge in [-0.1, -0.05) is 36.2 Å². The fraction of sp³-hybridized carbons (Fsp3) is 0.455. The maximum absolute atomic E-state index is 12.0. The molecule has 0 saturated carbocycles. The van der Waals surface area contributed by atoms with Crippen LogP contribution < -0.4 is 5.32 Å². The first-order chi connectivity index (χ1) is 7.66. The van der Waals surface area contributed by atoms with Gasteiger partial charge in [-0.05, 0) is 25.1 Å². The maximum atomic E-state index is 12.0. The van der Waals surface area contributed by atoms with E-state index in [1.807, 2.05) is 0 Å². The van der Waals surface area contributed by atoms with Crippen LogP contribution in [0.1, 0.15) is 13.3 Å². The smallest absolute Gasteiger partial charge is 0.0760 e. The van der Waals surface area contributed by atoms with E-state index in [1.54, 1.807) is 18.2 Å². The van der Waals surface area contributed by atoms with Gasteiger partial charge in [0, 0.05) is 12.3 Å². The van der Waals surface area contributed by atoms with E-state index in [0.717, 1.165) is 13.0 Å². The zero-order valence-corrected chi connectivity index (χ0v) is 11.5. The van der Waals surface area contributed by atoms with Crippen LogP contribution in [0.25, 0.3) is 0 Å². The third kappa shape index (κ3) is 4.06. The summed E-state index contributed by atoms with van der Waals surface area (Å²) in [4.78, 5) is 0.545. The Kier molecular flexibility index (Phi) is 6.36. The normalized spacial score (nSPS) is 12.7. The van der Waals surface area contributed by atoms with Crippen LogP contribution in [-0.2, 0) is 10.8 Å². The van der Waals surface area contributed by atoms with E-state index in [1.165, 1.54) is 0 Å². The Morgan fingerprint density at radius 3 is 2.44 bits per heavy atom. The maximum Gasteiger partial charge on any atom is 0.0760 e. The van der Waals surface area contributed by atoms with Gasteiger partial charge in [-0.3, -0.25) is 4.21 Å². The molecule has 0 bridgehead atoms. The summed E-state index contributed by atoms with van der Waals surface area (Å²) in [6.45, 7) is 3.74. The molecule has 0 amide bonds. The molecule has 1 unspecified atom stereocenters. The molecule has 0 aliphatic carbocycles. The van der Waals surface area contributed by atoms with Gasteiger partial charge in [0.15, 0.2) is 0 Å². The Hall–Kier alpha value is -0.0900. The van der Waals surface area contributed by atoms with Crippen molar-refractivity contribution in [2.24, 2.45) is 0 Å². The summed E-state index contributed by atoms with van der Waals surface area (Å²) in [7, 11) is -1.14. The molecule has 1 aromatic rings. The second-order valence-electron chi connectivity index (χ2n) is 3.35. The molecule has 0 aromatic heterocycles. The van der Waals surface area contributed by atoms with E-state index in [9.17, 15) is 4.21 Å². The lowest BCUT2D eigenvalue weighted by Gasteiger charge is -2.07. The first-order valence-corrected chi connectivity index (χ1v) is 7.27. The lowest BCUT2D eigenvalue weighted by Crippen LogP contribution is -2.21. The highest BCUT2D eigenvalue weighted by Gasteiger charge is 2.12. The summed E-state index contributed by atoms with van der Waals surface area (Å²) < 4.78 is 12.0. The molecule has 0 aliphatic heterocycles. The second kappa shape index (κ2) is 7.28. The first-order valence-electron chi connectivity index (χ1n) is 5.20. The van der Waals surface area contributed by atoms with E-state index in [0.29, 0.717) is 27.2 Å². The molecule has 5 heteroatoms. The van der Waals surface area contributed by atoms with Gasteiger partial charge in [-0.15, -0.1) is 0 Å². The number of nitrogens with one attached hydrogen (secondary N) is 1. The molecular weight excluding hydrogens is 265 g/mol. The van der Waals surface area contributed by atoms with Crippen LogP contribution >= 0.6 is 23.2 Å². The molecule has 2 nitrogen and oxygen atoms in total. The minimum absolute atomic E-state index is 0.473. The van der Waals surface area contributed by atoms with Crippen LogP contribution in [-0.4, -0.2) is 23.1 Å². The van der Waals surface area contributed by atoms with E-state index in [-0.39, 0.29) is 0 Å². The Morgan fingerprint density at radius 2 is 1.88 bits per heavy atom. The van der Waals surface area contributed by atoms with Gasteiger partial charge in [-0.2, -0.15) is 0 Å². The van der Waals surface area contributed by atoms with Crippen molar-refractivity contribution < 1.29 is 4.21 Å². The summed E-state index contributed by atoms with van der Waals surface area (Å²) in [5, 5.41) is 4.14. The van der Waals surface area contributed by atoms with Gasteiger partial charge in [0.1, 0.15) is 0 Å². The van der Waals surface area contributed by atoms with Crippen LogP contribution in [0.15, 0.2) is 23.1 Å². The Morgan fingerprint density at radius 1 is 1.25 bits per heavy atom. The van der Waals surface area contributed by atoms with Crippen molar-refractivity contribution in [3.63, 3.8) is 0 Å². The highest BCUT2D eigenvalue weighted by molar-refractivity contribution is 7.85. The summed E-state index contributed by atoms with van der Waals surface area (Å²) >= 11 is 11.9. The predicted octanol–water partition coefficient (Wildman–Crippen LogP) is 3.10. The topological polar surface area (TPSA) is 29.1 Å². The summed E-state index contributed by atoms with van der Waals surface area (Å²) in [6, 6.07) is 5.17. The van der Waals surface area contributed by atoms with Crippen LogP contribution in [0.3, 0.4) is 0 Å². The zero-order valence-electron chi connectivity index (χ0n) is 9.13. The van der Waals surface area contributed by atoms with Gasteiger partial charge in [0.2, 0.25) is 0 Å². The summed E-state index contributed by atoms with van der Waals surface area (Å²) in [5.41, 5.74) is 0. The minimum Gasteiger partial charge on any atom is -0.316 e. The van der Waals surface area contributed by atoms with Crippen molar-refractivity contribution in [2.75, 3.05) is 18.8 Å². The lowest BCUT2D eigenvalue weighted by atomic mass is 10.4. The summed E-state index contributed by atoms with van der Waals surface area (Å²) in [6.07, 6.45) is 1.07. The first kappa shape index (κ1) is 14.0. The third-order valence-electron chi connectivity index (χ3n) is 2.04. The minimum atomic E-state index is -1.14. The van der Waals surface area contributed by atoms with E-state index in [4.69, 9.17) is 23.2 Å². The molecule has 0 radical (unpaired) electrons. The number of hydrogen-bond donors (Lipinski definition) is 1. The van der Waals surface area contributed by atoms with Crippen molar-refractivity contribution >= 4 is 34.0 Å². The standard InChI is InChI=1S/C11H15Cl2NOS/c1-2-6-14-7-8-16(15)11-9(12)4-3-5-10(11)13/h3-5,14H,2,6-8H2,1H3. The Balaban J connectivity index is 2.59. The average Bonchev–Trinajstić information content (AvgIpc) is 2.24. The Labute approximate surface area is 109 Å². The van der Waals surface area contributed by atoms with Crippen LogP contribution in [0.5, 0.6) is 0 Å². The molecule has 0 heterocycles. The van der Waals surface area contributed by atoms with Gasteiger partial charge < -0.3 is 5.32 Å². The van der Waals surface area contributed by atoms with Crippen molar-refractivity contribution in [3.05, 3.63) is 28.2 Å². The SMILES string of the molecule is CCCNCCS(=O)c1c(Cl)cccc1Cl.